The molecule has 5 rings (SSSR count). The fourth-order valence-corrected chi connectivity index (χ4v) is 6.52. The number of hydrogen-bond donors (Lipinski definition) is 1. The van der Waals surface area contributed by atoms with Crippen molar-refractivity contribution < 1.29 is 14.4 Å². The molecular weight excluding hydrogens is 440 g/mol. The normalized spacial score (nSPS) is 21.3. The number of carbonyl (C=O) groups excluding carboxylic acids is 3. The largest absolute Gasteiger partial charge is 0.301 e. The molecule has 2 aromatic heterocycles. The SMILES string of the molecule is O=C(CSc1nc2ccc(N3C(=O)[C@H]4CCCC[C@@H]4C3=O)cc2s1)Nc1nccs1. The molecule has 0 bridgehead atoms. The minimum absolute atomic E-state index is 0.0676. The van der Waals surface area contributed by atoms with Crippen LogP contribution in [0.3, 0.4) is 0 Å². The van der Waals surface area contributed by atoms with Crippen molar-refractivity contribution in [1.29, 1.82) is 0 Å². The Hall–Kier alpha value is -2.30. The number of anilines is 2. The summed E-state index contributed by atoms with van der Waals surface area (Å²) >= 11 is 4.19. The van der Waals surface area contributed by atoms with E-state index in [1.165, 1.54) is 39.3 Å². The third kappa shape index (κ3) is 3.63. The quantitative estimate of drug-likeness (QED) is 0.456. The highest BCUT2D eigenvalue weighted by molar-refractivity contribution is 8.01. The van der Waals surface area contributed by atoms with Gasteiger partial charge in [-0.1, -0.05) is 24.6 Å². The third-order valence-electron chi connectivity index (χ3n) is 5.46. The molecular formula is C20H18N4O3S3. The molecule has 30 heavy (non-hydrogen) atoms. The first-order chi connectivity index (χ1) is 14.6. The van der Waals surface area contributed by atoms with Crippen LogP contribution in [0.15, 0.2) is 34.1 Å². The second kappa shape index (κ2) is 8.09. The summed E-state index contributed by atoms with van der Waals surface area (Å²) in [5, 5.41) is 5.13. The minimum Gasteiger partial charge on any atom is -0.301 e. The highest BCUT2D eigenvalue weighted by atomic mass is 32.2. The highest BCUT2D eigenvalue weighted by Crippen LogP contribution is 2.41. The van der Waals surface area contributed by atoms with Gasteiger partial charge >= 0.3 is 0 Å². The lowest BCUT2D eigenvalue weighted by molar-refractivity contribution is -0.122. The Balaban J connectivity index is 1.31. The number of benzene rings is 1. The topological polar surface area (TPSA) is 92.3 Å². The molecule has 2 aliphatic rings. The number of hydrogen-bond acceptors (Lipinski definition) is 8. The molecule has 3 amide bonds. The molecule has 1 saturated carbocycles. The van der Waals surface area contributed by atoms with Crippen molar-refractivity contribution in [3.63, 3.8) is 0 Å². The van der Waals surface area contributed by atoms with Crippen molar-refractivity contribution in [1.82, 2.24) is 9.97 Å². The summed E-state index contributed by atoms with van der Waals surface area (Å²) in [6.45, 7) is 0. The van der Waals surface area contributed by atoms with Gasteiger partial charge in [0.25, 0.3) is 0 Å². The number of nitrogens with zero attached hydrogens (tertiary/aromatic N) is 3. The zero-order chi connectivity index (χ0) is 20.7. The molecule has 1 saturated heterocycles. The van der Waals surface area contributed by atoms with E-state index >= 15 is 0 Å². The van der Waals surface area contributed by atoms with Gasteiger partial charge in [-0.05, 0) is 31.0 Å². The van der Waals surface area contributed by atoms with Crippen molar-refractivity contribution in [2.75, 3.05) is 16.0 Å². The second-order valence-corrected chi connectivity index (χ2v) is 10.5. The van der Waals surface area contributed by atoms with Crippen LogP contribution in [0.1, 0.15) is 25.7 Å². The summed E-state index contributed by atoms with van der Waals surface area (Å²) < 4.78 is 1.66. The fraction of sp³-hybridized carbons (Fsp3) is 0.350. The van der Waals surface area contributed by atoms with Gasteiger partial charge < -0.3 is 5.32 Å². The predicted molar refractivity (Wildman–Crippen MR) is 119 cm³/mol. The zero-order valence-corrected chi connectivity index (χ0v) is 18.3. The number of rotatable bonds is 5. The molecule has 3 heterocycles. The Morgan fingerprint density at radius 2 is 1.97 bits per heavy atom. The smallest absolute Gasteiger partial charge is 0.237 e. The molecule has 154 valence electrons. The van der Waals surface area contributed by atoms with Gasteiger partial charge in [-0.15, -0.1) is 22.7 Å². The van der Waals surface area contributed by atoms with E-state index in [4.69, 9.17) is 0 Å². The van der Waals surface area contributed by atoms with Gasteiger partial charge in [0.05, 0.1) is 33.5 Å². The van der Waals surface area contributed by atoms with Crippen LogP contribution in [0.4, 0.5) is 10.8 Å². The number of imide groups is 1. The van der Waals surface area contributed by atoms with Gasteiger partial charge in [0, 0.05) is 11.6 Å². The van der Waals surface area contributed by atoms with Crippen LogP contribution in [0.5, 0.6) is 0 Å². The molecule has 2 atom stereocenters. The van der Waals surface area contributed by atoms with Crippen LogP contribution < -0.4 is 10.2 Å². The van der Waals surface area contributed by atoms with Crippen LogP contribution in [-0.2, 0) is 14.4 Å². The summed E-state index contributed by atoms with van der Waals surface area (Å²) in [6, 6.07) is 5.49. The van der Waals surface area contributed by atoms with E-state index in [0.29, 0.717) is 10.8 Å². The molecule has 0 radical (unpaired) electrons. The van der Waals surface area contributed by atoms with Gasteiger partial charge in [0.2, 0.25) is 17.7 Å². The number of amides is 3. The molecule has 0 spiro atoms. The molecule has 1 aliphatic heterocycles. The van der Waals surface area contributed by atoms with Gasteiger partial charge in [-0.2, -0.15) is 0 Å². The lowest BCUT2D eigenvalue weighted by Crippen LogP contribution is -2.30. The number of thiazole rings is 2. The molecule has 0 unspecified atom stereocenters. The standard InChI is InChI=1S/C20H18N4O3S3/c25-16(23-19-21-7-8-28-19)10-29-20-22-14-6-5-11(9-15(14)30-20)24-17(26)12-3-1-2-4-13(12)18(24)27/h5-9,12-13H,1-4,10H2,(H,21,23,25)/t12-,13-/m0/s1. The number of fused-ring (bicyclic) bond motifs is 2. The molecule has 1 aliphatic carbocycles. The summed E-state index contributed by atoms with van der Waals surface area (Å²) in [5.41, 5.74) is 1.41. The number of carbonyl (C=O) groups is 3. The molecule has 1 N–H and O–H groups in total. The third-order valence-corrected chi connectivity index (χ3v) is 8.31. The Labute approximate surface area is 184 Å². The van der Waals surface area contributed by atoms with Crippen molar-refractivity contribution in [3.8, 4) is 0 Å². The molecule has 7 nitrogen and oxygen atoms in total. The average Bonchev–Trinajstić information content (AvgIpc) is 3.46. The van der Waals surface area contributed by atoms with Crippen molar-refractivity contribution >= 4 is 73.2 Å². The predicted octanol–water partition coefficient (Wildman–Crippen LogP) is 4.16. The monoisotopic (exact) mass is 458 g/mol. The number of aromatic nitrogens is 2. The van der Waals surface area contributed by atoms with Crippen LogP contribution in [-0.4, -0.2) is 33.4 Å². The minimum atomic E-state index is -0.161. The van der Waals surface area contributed by atoms with Gasteiger partial charge in [-0.25, -0.2) is 9.97 Å². The Morgan fingerprint density at radius 1 is 1.20 bits per heavy atom. The second-order valence-electron chi connectivity index (χ2n) is 7.32. The Bertz CT molecular complexity index is 1100. The molecule has 1 aromatic carbocycles. The van der Waals surface area contributed by atoms with E-state index in [1.54, 1.807) is 17.6 Å². The molecule has 2 fully saturated rings. The summed E-state index contributed by atoms with van der Waals surface area (Å²) in [6.07, 6.45) is 5.28. The van der Waals surface area contributed by atoms with Crippen LogP contribution in [0, 0.1) is 11.8 Å². The zero-order valence-electron chi connectivity index (χ0n) is 15.9. The highest BCUT2D eigenvalue weighted by Gasteiger charge is 2.48. The lowest BCUT2D eigenvalue weighted by atomic mass is 9.81. The van der Waals surface area contributed by atoms with Crippen LogP contribution >= 0.6 is 34.4 Å². The van der Waals surface area contributed by atoms with Crippen LogP contribution in [0.2, 0.25) is 0 Å². The lowest BCUT2D eigenvalue weighted by Gasteiger charge is -2.19. The Morgan fingerprint density at radius 3 is 2.67 bits per heavy atom. The summed E-state index contributed by atoms with van der Waals surface area (Å²) in [7, 11) is 0. The van der Waals surface area contributed by atoms with E-state index in [2.05, 4.69) is 15.3 Å². The summed E-state index contributed by atoms with van der Waals surface area (Å²) in [4.78, 5) is 47.7. The van der Waals surface area contributed by atoms with Crippen molar-refractivity contribution in [2.24, 2.45) is 11.8 Å². The van der Waals surface area contributed by atoms with Crippen molar-refractivity contribution in [2.45, 2.75) is 30.0 Å². The van der Waals surface area contributed by atoms with E-state index in [1.807, 2.05) is 12.1 Å². The Kier molecular flexibility index (Phi) is 5.30. The molecule has 3 aromatic rings. The maximum atomic E-state index is 12.8. The average molecular weight is 459 g/mol. The van der Waals surface area contributed by atoms with Crippen molar-refractivity contribution in [3.05, 3.63) is 29.8 Å². The summed E-state index contributed by atoms with van der Waals surface area (Å²) in [5.74, 6) is -0.356. The fourth-order valence-electron chi connectivity index (χ4n) is 4.08. The molecule has 10 heteroatoms. The van der Waals surface area contributed by atoms with Gasteiger partial charge in [-0.3, -0.25) is 19.3 Å². The van der Waals surface area contributed by atoms with E-state index in [0.717, 1.165) is 40.2 Å². The first-order valence-electron chi connectivity index (χ1n) is 9.71. The maximum absolute atomic E-state index is 12.8. The first-order valence-corrected chi connectivity index (χ1v) is 12.4. The van der Waals surface area contributed by atoms with Gasteiger partial charge in [0.15, 0.2) is 9.47 Å². The number of nitrogens with one attached hydrogen (secondary N) is 1. The van der Waals surface area contributed by atoms with Crippen LogP contribution in [0.25, 0.3) is 10.2 Å². The van der Waals surface area contributed by atoms with E-state index in [-0.39, 0.29) is 35.3 Å². The number of thioether (sulfide) groups is 1. The van der Waals surface area contributed by atoms with E-state index in [9.17, 15) is 14.4 Å². The maximum Gasteiger partial charge on any atom is 0.237 e. The van der Waals surface area contributed by atoms with Gasteiger partial charge in [0.1, 0.15) is 0 Å². The first kappa shape index (κ1) is 19.7. The van der Waals surface area contributed by atoms with E-state index < -0.39 is 0 Å².